The molecule has 4 aromatic rings. The maximum atomic E-state index is 11.1. The van der Waals surface area contributed by atoms with Gasteiger partial charge in [-0.25, -0.2) is 0 Å². The van der Waals surface area contributed by atoms with Crippen molar-refractivity contribution in [2.24, 2.45) is 0 Å². The van der Waals surface area contributed by atoms with Crippen molar-refractivity contribution in [3.63, 3.8) is 0 Å². The van der Waals surface area contributed by atoms with Gasteiger partial charge in [0.05, 0.1) is 12.3 Å². The van der Waals surface area contributed by atoms with Crippen molar-refractivity contribution in [2.75, 3.05) is 0 Å². The fraction of sp³-hybridized carbons (Fsp3) is 0.179. The zero-order valence-electron chi connectivity index (χ0n) is 18.1. The first-order valence-corrected chi connectivity index (χ1v) is 11.4. The van der Waals surface area contributed by atoms with E-state index in [2.05, 4.69) is 66.6 Å². The number of carboxylic acids is 1. The highest BCUT2D eigenvalue weighted by Crippen LogP contribution is 2.36. The van der Waals surface area contributed by atoms with Gasteiger partial charge in [0, 0.05) is 15.6 Å². The molecule has 0 aliphatic rings. The van der Waals surface area contributed by atoms with E-state index in [0.29, 0.717) is 6.61 Å². The topological polar surface area (TPSA) is 46.5 Å². The van der Waals surface area contributed by atoms with Crippen LogP contribution in [0.3, 0.4) is 0 Å². The minimum atomic E-state index is -0.855. The van der Waals surface area contributed by atoms with Crippen LogP contribution in [0.25, 0.3) is 21.2 Å². The highest BCUT2D eigenvalue weighted by Gasteiger charge is 2.13. The standard InChI is InChI=1S/C28H24O3S/c1-3-6-22(16-28(29)30)21-10-12-23(13-11-21)31-17-20-9-14-27-25(15-20)26(18-32-27)24-8-5-4-7-19(24)2/h4-5,7-15,18,22H,16-17H2,1-2H3,(H,29,30). The fourth-order valence-corrected chi connectivity index (χ4v) is 4.76. The van der Waals surface area contributed by atoms with Crippen LogP contribution in [0.1, 0.15) is 36.0 Å². The Morgan fingerprint density at radius 3 is 2.56 bits per heavy atom. The number of aliphatic carboxylic acids is 1. The lowest BCUT2D eigenvalue weighted by Crippen LogP contribution is -2.04. The van der Waals surface area contributed by atoms with E-state index in [1.807, 2.05) is 24.3 Å². The summed E-state index contributed by atoms with van der Waals surface area (Å²) in [6.07, 6.45) is -0.00901. The molecule has 1 heterocycles. The molecule has 160 valence electrons. The Balaban J connectivity index is 1.51. The lowest BCUT2D eigenvalue weighted by Gasteiger charge is -2.11. The Kier molecular flexibility index (Phi) is 6.58. The normalized spacial score (nSPS) is 11.6. The molecule has 0 aliphatic heterocycles. The second-order valence-electron chi connectivity index (χ2n) is 7.70. The number of hydrogen-bond donors (Lipinski definition) is 1. The molecule has 1 N–H and O–H groups in total. The Bertz CT molecular complexity index is 1310. The van der Waals surface area contributed by atoms with Crippen molar-refractivity contribution in [1.82, 2.24) is 0 Å². The summed E-state index contributed by atoms with van der Waals surface area (Å²) in [5, 5.41) is 12.6. The van der Waals surface area contributed by atoms with Gasteiger partial charge in [-0.3, -0.25) is 4.79 Å². The molecule has 4 heteroatoms. The molecule has 0 aliphatic carbocycles. The Hall–Kier alpha value is -3.55. The molecule has 0 saturated carbocycles. The molecule has 0 bridgehead atoms. The average Bonchev–Trinajstić information content (AvgIpc) is 3.21. The van der Waals surface area contributed by atoms with Gasteiger partial charge in [-0.1, -0.05) is 48.4 Å². The summed E-state index contributed by atoms with van der Waals surface area (Å²) in [4.78, 5) is 11.1. The number of ether oxygens (including phenoxy) is 1. The third-order valence-electron chi connectivity index (χ3n) is 5.46. The maximum Gasteiger partial charge on any atom is 0.304 e. The number of fused-ring (bicyclic) bond motifs is 1. The van der Waals surface area contributed by atoms with Crippen LogP contribution in [0.15, 0.2) is 72.1 Å². The average molecular weight is 441 g/mol. The van der Waals surface area contributed by atoms with Crippen LogP contribution in [0.4, 0.5) is 0 Å². The Morgan fingerprint density at radius 1 is 1.06 bits per heavy atom. The number of carboxylic acid groups (broad SMARTS) is 1. The van der Waals surface area contributed by atoms with E-state index in [9.17, 15) is 4.79 Å². The first-order valence-electron chi connectivity index (χ1n) is 10.5. The van der Waals surface area contributed by atoms with Crippen LogP contribution in [-0.4, -0.2) is 11.1 Å². The fourth-order valence-electron chi connectivity index (χ4n) is 3.81. The van der Waals surface area contributed by atoms with Crippen LogP contribution in [-0.2, 0) is 11.4 Å². The third-order valence-corrected chi connectivity index (χ3v) is 6.42. The van der Waals surface area contributed by atoms with E-state index in [1.165, 1.54) is 26.8 Å². The highest BCUT2D eigenvalue weighted by molar-refractivity contribution is 7.17. The molecule has 0 radical (unpaired) electrons. The Morgan fingerprint density at radius 2 is 1.84 bits per heavy atom. The van der Waals surface area contributed by atoms with Crippen molar-refractivity contribution < 1.29 is 14.6 Å². The molecule has 1 aromatic heterocycles. The van der Waals surface area contributed by atoms with Crippen molar-refractivity contribution in [1.29, 1.82) is 0 Å². The third kappa shape index (κ3) is 4.85. The smallest absolute Gasteiger partial charge is 0.304 e. The summed E-state index contributed by atoms with van der Waals surface area (Å²) < 4.78 is 7.28. The number of hydrogen-bond acceptors (Lipinski definition) is 3. The first-order chi connectivity index (χ1) is 15.5. The van der Waals surface area contributed by atoms with Gasteiger partial charge < -0.3 is 9.84 Å². The van der Waals surface area contributed by atoms with Crippen LogP contribution in [0, 0.1) is 18.8 Å². The van der Waals surface area contributed by atoms with E-state index in [0.717, 1.165) is 16.9 Å². The summed E-state index contributed by atoms with van der Waals surface area (Å²) in [5.41, 5.74) is 5.78. The summed E-state index contributed by atoms with van der Waals surface area (Å²) in [6.45, 7) is 4.33. The molecule has 4 rings (SSSR count). The number of aryl methyl sites for hydroxylation is 1. The summed E-state index contributed by atoms with van der Waals surface area (Å²) in [7, 11) is 0. The van der Waals surface area contributed by atoms with Crippen LogP contribution < -0.4 is 4.74 Å². The monoisotopic (exact) mass is 440 g/mol. The van der Waals surface area contributed by atoms with Gasteiger partial charge in [0.15, 0.2) is 0 Å². The molecule has 1 atom stereocenters. The van der Waals surface area contributed by atoms with Gasteiger partial charge in [-0.15, -0.1) is 17.3 Å². The van der Waals surface area contributed by atoms with Crippen LogP contribution in [0.2, 0.25) is 0 Å². The lowest BCUT2D eigenvalue weighted by molar-refractivity contribution is -0.137. The number of benzene rings is 3. The lowest BCUT2D eigenvalue weighted by atomic mass is 9.96. The van der Waals surface area contributed by atoms with Gasteiger partial charge >= 0.3 is 5.97 Å². The SMILES string of the molecule is CC#CC(CC(=O)O)c1ccc(OCc2ccc3scc(-c4ccccc4C)c3c2)cc1. The van der Waals surface area contributed by atoms with E-state index in [1.54, 1.807) is 18.3 Å². The molecule has 32 heavy (non-hydrogen) atoms. The highest BCUT2D eigenvalue weighted by atomic mass is 32.1. The van der Waals surface area contributed by atoms with Gasteiger partial charge in [-0.05, 0) is 65.7 Å². The molecule has 1 unspecified atom stereocenters. The van der Waals surface area contributed by atoms with E-state index < -0.39 is 5.97 Å². The molecular formula is C28H24O3S. The Labute approximate surface area is 192 Å². The van der Waals surface area contributed by atoms with Crippen molar-refractivity contribution in [3.05, 3.63) is 88.8 Å². The van der Waals surface area contributed by atoms with Gasteiger partial charge in [-0.2, -0.15) is 0 Å². The van der Waals surface area contributed by atoms with Crippen molar-refractivity contribution in [3.8, 4) is 28.7 Å². The minimum absolute atomic E-state index is 0.00901. The second-order valence-corrected chi connectivity index (χ2v) is 8.61. The van der Waals surface area contributed by atoms with E-state index in [-0.39, 0.29) is 12.3 Å². The van der Waals surface area contributed by atoms with Crippen LogP contribution in [0.5, 0.6) is 5.75 Å². The molecule has 0 spiro atoms. The second kappa shape index (κ2) is 9.72. The molecule has 0 fully saturated rings. The predicted molar refractivity (Wildman–Crippen MR) is 131 cm³/mol. The van der Waals surface area contributed by atoms with Crippen molar-refractivity contribution >= 4 is 27.4 Å². The van der Waals surface area contributed by atoms with Gasteiger partial charge in [0.2, 0.25) is 0 Å². The molecule has 0 saturated heterocycles. The molecular weight excluding hydrogens is 416 g/mol. The van der Waals surface area contributed by atoms with Gasteiger partial charge in [0.25, 0.3) is 0 Å². The number of thiophene rings is 1. The zero-order valence-corrected chi connectivity index (χ0v) is 18.9. The minimum Gasteiger partial charge on any atom is -0.489 e. The van der Waals surface area contributed by atoms with E-state index >= 15 is 0 Å². The maximum absolute atomic E-state index is 11.1. The quantitative estimate of drug-likeness (QED) is 0.314. The van der Waals surface area contributed by atoms with Crippen LogP contribution >= 0.6 is 11.3 Å². The first kappa shape index (κ1) is 21.7. The number of carbonyl (C=O) groups is 1. The summed E-state index contributed by atoms with van der Waals surface area (Å²) in [6, 6.07) is 22.5. The molecule has 0 amide bonds. The van der Waals surface area contributed by atoms with E-state index in [4.69, 9.17) is 9.84 Å². The predicted octanol–water partition coefficient (Wildman–Crippen LogP) is 7.04. The zero-order chi connectivity index (χ0) is 22.5. The summed E-state index contributed by atoms with van der Waals surface area (Å²) >= 11 is 1.76. The van der Waals surface area contributed by atoms with Crippen molar-refractivity contribution in [2.45, 2.75) is 32.8 Å². The molecule has 3 aromatic carbocycles. The largest absolute Gasteiger partial charge is 0.489 e. The van der Waals surface area contributed by atoms with Gasteiger partial charge in [0.1, 0.15) is 12.4 Å². The number of rotatable bonds is 7. The molecule has 3 nitrogen and oxygen atoms in total. The summed E-state index contributed by atoms with van der Waals surface area (Å²) in [5.74, 6) is 5.38.